The molecule has 4 nitrogen and oxygen atoms in total. The van der Waals surface area contributed by atoms with Gasteiger partial charge in [0.05, 0.1) is 19.1 Å². The van der Waals surface area contributed by atoms with Gasteiger partial charge in [-0.05, 0) is 48.8 Å². The van der Waals surface area contributed by atoms with Crippen LogP contribution in [-0.2, 0) is 9.53 Å². The van der Waals surface area contributed by atoms with Gasteiger partial charge >= 0.3 is 0 Å². The number of nitrogens with zero attached hydrogens (tertiary/aromatic N) is 1. The first kappa shape index (κ1) is 17.6. The van der Waals surface area contributed by atoms with E-state index in [-0.39, 0.29) is 42.2 Å². The van der Waals surface area contributed by atoms with Crippen molar-refractivity contribution in [3.8, 4) is 0 Å². The molecule has 1 aliphatic heterocycles. The second kappa shape index (κ2) is 6.98. The van der Waals surface area contributed by atoms with Crippen molar-refractivity contribution in [2.75, 3.05) is 19.7 Å². The number of fused-ring (bicyclic) bond motifs is 2. The monoisotopic (exact) mass is 354 g/mol. The van der Waals surface area contributed by atoms with E-state index in [1.165, 1.54) is 18.6 Å². The predicted octanol–water partition coefficient (Wildman–Crippen LogP) is 2.52. The number of nitrogens with two attached hydrogens (primary N) is 1. The molecule has 1 aromatic carbocycles. The smallest absolute Gasteiger partial charge is 0.227 e. The maximum Gasteiger partial charge on any atom is 0.227 e. The fourth-order valence-corrected chi connectivity index (χ4v) is 4.67. The Hall–Kier alpha value is -1.17. The number of carbonyl (C=O) groups excluding carboxylic acids is 1. The van der Waals surface area contributed by atoms with Gasteiger partial charge in [0, 0.05) is 12.6 Å². The second-order valence-electron chi connectivity index (χ2n) is 7.14. The Labute approximate surface area is 147 Å². The van der Waals surface area contributed by atoms with Gasteiger partial charge in [-0.25, -0.2) is 4.39 Å². The van der Waals surface area contributed by atoms with E-state index in [4.69, 9.17) is 10.5 Å². The first-order chi connectivity index (χ1) is 11.1. The summed E-state index contributed by atoms with van der Waals surface area (Å²) in [7, 11) is 0. The van der Waals surface area contributed by atoms with Gasteiger partial charge in [0.1, 0.15) is 11.9 Å². The van der Waals surface area contributed by atoms with Crippen molar-refractivity contribution in [2.24, 2.45) is 23.5 Å². The van der Waals surface area contributed by atoms with Crippen LogP contribution in [0.5, 0.6) is 0 Å². The van der Waals surface area contributed by atoms with E-state index >= 15 is 0 Å². The molecule has 0 spiro atoms. The molecule has 0 aromatic heterocycles. The van der Waals surface area contributed by atoms with Gasteiger partial charge in [-0.1, -0.05) is 12.1 Å². The number of benzene rings is 1. The second-order valence-corrected chi connectivity index (χ2v) is 7.14. The zero-order chi connectivity index (χ0) is 16.0. The summed E-state index contributed by atoms with van der Waals surface area (Å²) >= 11 is 0. The molecule has 2 saturated carbocycles. The maximum absolute atomic E-state index is 13.4. The molecule has 1 aromatic rings. The Kier molecular flexibility index (Phi) is 5.13. The van der Waals surface area contributed by atoms with E-state index in [0.29, 0.717) is 31.5 Å². The third-order valence-corrected chi connectivity index (χ3v) is 5.86. The fraction of sp³-hybridized carbons (Fsp3) is 0.611. The number of rotatable bonds is 2. The average Bonchev–Trinajstić information content (AvgIpc) is 3.15. The van der Waals surface area contributed by atoms with Crippen LogP contribution in [0, 0.1) is 23.6 Å². The number of morpholine rings is 1. The molecular weight excluding hydrogens is 331 g/mol. The van der Waals surface area contributed by atoms with Crippen LogP contribution in [0.25, 0.3) is 0 Å². The van der Waals surface area contributed by atoms with E-state index in [2.05, 4.69) is 0 Å². The molecule has 3 aliphatic rings. The SMILES string of the molecule is Cl.NC1C2CCC(C2)C1C(=O)N1CCOC(c2cccc(F)c2)C1. The molecule has 5 atom stereocenters. The quantitative estimate of drug-likeness (QED) is 0.887. The number of carbonyl (C=O) groups is 1. The minimum Gasteiger partial charge on any atom is -0.370 e. The first-order valence-corrected chi connectivity index (χ1v) is 8.55. The van der Waals surface area contributed by atoms with Gasteiger partial charge in [-0.3, -0.25) is 4.79 Å². The summed E-state index contributed by atoms with van der Waals surface area (Å²) in [6.07, 6.45) is 3.16. The normalized spacial score (nSPS) is 34.9. The first-order valence-electron chi connectivity index (χ1n) is 8.55. The lowest BCUT2D eigenvalue weighted by Gasteiger charge is -2.37. The highest BCUT2D eigenvalue weighted by atomic mass is 35.5. The molecule has 24 heavy (non-hydrogen) atoms. The van der Waals surface area contributed by atoms with Crippen LogP contribution in [0.4, 0.5) is 4.39 Å². The van der Waals surface area contributed by atoms with Crippen molar-refractivity contribution < 1.29 is 13.9 Å². The Balaban J connectivity index is 0.00000169. The van der Waals surface area contributed by atoms with Gasteiger partial charge in [-0.2, -0.15) is 0 Å². The summed E-state index contributed by atoms with van der Waals surface area (Å²) in [5.74, 6) is 0.853. The van der Waals surface area contributed by atoms with Crippen molar-refractivity contribution in [2.45, 2.75) is 31.4 Å². The van der Waals surface area contributed by atoms with Crippen molar-refractivity contribution >= 4 is 18.3 Å². The van der Waals surface area contributed by atoms with E-state index in [0.717, 1.165) is 18.4 Å². The predicted molar refractivity (Wildman–Crippen MR) is 91.2 cm³/mol. The summed E-state index contributed by atoms with van der Waals surface area (Å²) in [4.78, 5) is 14.8. The molecule has 1 amide bonds. The van der Waals surface area contributed by atoms with Gasteiger partial charge in [-0.15, -0.1) is 12.4 Å². The summed E-state index contributed by atoms with van der Waals surface area (Å²) in [6.45, 7) is 1.58. The third kappa shape index (κ3) is 3.05. The molecule has 3 fully saturated rings. The highest BCUT2D eigenvalue weighted by molar-refractivity contribution is 5.85. The lowest BCUT2D eigenvalue weighted by atomic mass is 9.84. The largest absolute Gasteiger partial charge is 0.370 e. The van der Waals surface area contributed by atoms with E-state index in [1.54, 1.807) is 6.07 Å². The highest BCUT2D eigenvalue weighted by Crippen LogP contribution is 2.48. The molecule has 2 N–H and O–H groups in total. The number of ether oxygens (including phenoxy) is 1. The molecule has 1 heterocycles. The van der Waals surface area contributed by atoms with Crippen LogP contribution >= 0.6 is 12.4 Å². The third-order valence-electron chi connectivity index (χ3n) is 5.86. The zero-order valence-corrected chi connectivity index (χ0v) is 14.4. The summed E-state index contributed by atoms with van der Waals surface area (Å²) in [6, 6.07) is 6.45. The van der Waals surface area contributed by atoms with Crippen LogP contribution in [0.3, 0.4) is 0 Å². The number of amides is 1. The molecule has 2 bridgehead atoms. The number of hydrogen-bond donors (Lipinski definition) is 1. The van der Waals surface area contributed by atoms with Gasteiger partial charge in [0.2, 0.25) is 5.91 Å². The number of halogens is 2. The Morgan fingerprint density at radius 2 is 2.08 bits per heavy atom. The minimum absolute atomic E-state index is 0. The van der Waals surface area contributed by atoms with Crippen LogP contribution < -0.4 is 5.73 Å². The molecule has 5 unspecified atom stereocenters. The summed E-state index contributed by atoms with van der Waals surface area (Å²) in [5, 5.41) is 0. The standard InChI is InChI=1S/C18H23FN2O2.ClH/c19-14-3-1-2-11(9-14)15-10-21(6-7-23-15)18(22)16-12-4-5-13(8-12)17(16)20;/h1-3,9,12-13,15-17H,4-8,10,20H2;1H. The summed E-state index contributed by atoms with van der Waals surface area (Å²) in [5.41, 5.74) is 7.10. The molecule has 6 heteroatoms. The van der Waals surface area contributed by atoms with Crippen LogP contribution in [0.15, 0.2) is 24.3 Å². The van der Waals surface area contributed by atoms with Gasteiger partial charge in [0.15, 0.2) is 0 Å². The van der Waals surface area contributed by atoms with E-state index in [9.17, 15) is 9.18 Å². The van der Waals surface area contributed by atoms with Crippen molar-refractivity contribution in [3.63, 3.8) is 0 Å². The van der Waals surface area contributed by atoms with E-state index < -0.39 is 0 Å². The summed E-state index contributed by atoms with van der Waals surface area (Å²) < 4.78 is 19.2. The maximum atomic E-state index is 13.4. The van der Waals surface area contributed by atoms with Crippen LogP contribution in [-0.4, -0.2) is 36.5 Å². The molecule has 132 valence electrons. The molecular formula is C18H24ClFN2O2. The molecule has 0 radical (unpaired) electrons. The van der Waals surface area contributed by atoms with Crippen LogP contribution in [0.2, 0.25) is 0 Å². The highest BCUT2D eigenvalue weighted by Gasteiger charge is 2.50. The van der Waals surface area contributed by atoms with Gasteiger partial charge in [0.25, 0.3) is 0 Å². The van der Waals surface area contributed by atoms with Crippen molar-refractivity contribution in [1.29, 1.82) is 0 Å². The number of hydrogen-bond acceptors (Lipinski definition) is 3. The minimum atomic E-state index is -0.273. The molecule has 1 saturated heterocycles. The Morgan fingerprint density at radius 1 is 1.29 bits per heavy atom. The van der Waals surface area contributed by atoms with Gasteiger partial charge < -0.3 is 15.4 Å². The fourth-order valence-electron chi connectivity index (χ4n) is 4.67. The lowest BCUT2D eigenvalue weighted by molar-refractivity contribution is -0.145. The van der Waals surface area contributed by atoms with Crippen LogP contribution in [0.1, 0.15) is 30.9 Å². The average molecular weight is 355 g/mol. The topological polar surface area (TPSA) is 55.6 Å². The van der Waals surface area contributed by atoms with E-state index in [1.807, 2.05) is 11.0 Å². The molecule has 4 rings (SSSR count). The van der Waals surface area contributed by atoms with Crippen molar-refractivity contribution in [1.82, 2.24) is 4.90 Å². The molecule has 2 aliphatic carbocycles. The van der Waals surface area contributed by atoms with Crippen molar-refractivity contribution in [3.05, 3.63) is 35.6 Å². The Morgan fingerprint density at radius 3 is 2.79 bits per heavy atom. The Bertz CT molecular complexity index is 612. The zero-order valence-electron chi connectivity index (χ0n) is 13.6. The lowest BCUT2D eigenvalue weighted by Crippen LogP contribution is -2.50.